The zero-order valence-corrected chi connectivity index (χ0v) is 8.01. The number of halogens is 3. The van der Waals surface area contributed by atoms with E-state index in [-0.39, 0.29) is 11.7 Å². The minimum Gasteiger partial charge on any atom is -0.489 e. The van der Waals surface area contributed by atoms with Crippen LogP contribution >= 0.6 is 0 Å². The third kappa shape index (κ3) is 1.16. The van der Waals surface area contributed by atoms with Crippen LogP contribution in [0, 0.1) is 5.92 Å². The number of fused-ring (bicyclic) bond motifs is 3. The summed E-state index contributed by atoms with van der Waals surface area (Å²) in [5, 5.41) is 3.51. The molecule has 2 atom stereocenters. The zero-order chi connectivity index (χ0) is 10.8. The fourth-order valence-electron chi connectivity index (χ4n) is 2.21. The molecule has 0 amide bonds. The number of hydrogen-bond acceptors (Lipinski definition) is 2. The van der Waals surface area contributed by atoms with Gasteiger partial charge in [0.15, 0.2) is 5.75 Å². The van der Waals surface area contributed by atoms with Gasteiger partial charge in [0.2, 0.25) is 5.69 Å². The molecule has 2 aliphatic rings. The molecule has 2 heterocycles. The van der Waals surface area contributed by atoms with Gasteiger partial charge in [-0.1, -0.05) is 0 Å². The molecule has 1 aromatic heterocycles. The summed E-state index contributed by atoms with van der Waals surface area (Å²) in [6.45, 7) is 0.395. The Balaban J connectivity index is 2.15. The maximum absolute atomic E-state index is 12.6. The average molecular weight is 218 g/mol. The number of alkyl halides is 3. The summed E-state index contributed by atoms with van der Waals surface area (Å²) in [6, 6.07) is 0. The summed E-state index contributed by atoms with van der Waals surface area (Å²) in [4.78, 5) is 0. The van der Waals surface area contributed by atoms with Gasteiger partial charge in [0, 0.05) is 18.9 Å². The van der Waals surface area contributed by atoms with Crippen molar-refractivity contribution in [1.82, 2.24) is 9.78 Å². The monoisotopic (exact) mass is 218 g/mol. The predicted molar refractivity (Wildman–Crippen MR) is 44.6 cm³/mol. The van der Waals surface area contributed by atoms with Crippen molar-refractivity contribution in [2.45, 2.75) is 18.5 Å². The third-order valence-corrected chi connectivity index (χ3v) is 3.03. The Bertz CT molecular complexity index is 424. The molecule has 1 saturated carbocycles. The van der Waals surface area contributed by atoms with Crippen LogP contribution in [-0.4, -0.2) is 16.4 Å². The van der Waals surface area contributed by atoms with Crippen LogP contribution in [0.25, 0.3) is 0 Å². The molecule has 6 heteroatoms. The predicted octanol–water partition coefficient (Wildman–Crippen LogP) is 1.93. The van der Waals surface area contributed by atoms with Crippen molar-refractivity contribution in [3.63, 3.8) is 0 Å². The number of rotatable bonds is 0. The summed E-state index contributed by atoms with van der Waals surface area (Å²) < 4.78 is 44.2. The van der Waals surface area contributed by atoms with Gasteiger partial charge in [-0.2, -0.15) is 18.3 Å². The topological polar surface area (TPSA) is 27.1 Å². The molecule has 0 radical (unpaired) electrons. The molecule has 1 fully saturated rings. The maximum atomic E-state index is 12.6. The van der Waals surface area contributed by atoms with E-state index in [9.17, 15) is 13.2 Å². The van der Waals surface area contributed by atoms with Crippen LogP contribution in [0.1, 0.15) is 23.7 Å². The van der Waals surface area contributed by atoms with E-state index >= 15 is 0 Å². The molecular formula is C9H9F3N2O. The summed E-state index contributed by atoms with van der Waals surface area (Å²) in [6.07, 6.45) is -3.50. The third-order valence-electron chi connectivity index (χ3n) is 3.03. The summed E-state index contributed by atoms with van der Waals surface area (Å²) >= 11 is 0. The van der Waals surface area contributed by atoms with Crippen molar-refractivity contribution in [1.29, 1.82) is 0 Å². The van der Waals surface area contributed by atoms with Gasteiger partial charge in [0.1, 0.15) is 0 Å². The molecule has 0 saturated heterocycles. The molecule has 0 N–H and O–H groups in total. The second-order valence-electron chi connectivity index (χ2n) is 4.10. The molecule has 3 rings (SSSR count). The van der Waals surface area contributed by atoms with E-state index in [1.165, 1.54) is 11.7 Å². The first-order valence-corrected chi connectivity index (χ1v) is 4.75. The normalized spacial score (nSPS) is 28.0. The van der Waals surface area contributed by atoms with Crippen LogP contribution in [0.5, 0.6) is 5.75 Å². The Kier molecular flexibility index (Phi) is 1.50. The lowest BCUT2D eigenvalue weighted by Crippen LogP contribution is -2.13. The summed E-state index contributed by atoms with van der Waals surface area (Å²) in [5.41, 5.74) is -0.274. The van der Waals surface area contributed by atoms with Crippen molar-refractivity contribution in [2.75, 3.05) is 6.61 Å². The highest BCUT2D eigenvalue weighted by atomic mass is 19.4. The van der Waals surface area contributed by atoms with E-state index in [1.807, 2.05) is 0 Å². The van der Waals surface area contributed by atoms with Crippen molar-refractivity contribution in [2.24, 2.45) is 13.0 Å². The largest absolute Gasteiger partial charge is 0.489 e. The van der Waals surface area contributed by atoms with Crippen LogP contribution in [0.4, 0.5) is 13.2 Å². The maximum Gasteiger partial charge on any atom is 0.438 e. The van der Waals surface area contributed by atoms with Gasteiger partial charge in [-0.05, 0) is 6.42 Å². The molecule has 1 aliphatic carbocycles. The van der Waals surface area contributed by atoms with Gasteiger partial charge >= 0.3 is 6.18 Å². The van der Waals surface area contributed by atoms with E-state index in [2.05, 4.69) is 5.10 Å². The molecular weight excluding hydrogens is 209 g/mol. The SMILES string of the molecule is Cn1nc(C(F)(F)F)c2c1C1CC1CO2. The Labute approximate surface area is 83.8 Å². The molecule has 1 aliphatic heterocycles. The first-order valence-electron chi connectivity index (χ1n) is 4.75. The fourth-order valence-corrected chi connectivity index (χ4v) is 2.21. The highest BCUT2D eigenvalue weighted by Crippen LogP contribution is 2.55. The van der Waals surface area contributed by atoms with Gasteiger partial charge in [-0.3, -0.25) is 4.68 Å². The van der Waals surface area contributed by atoms with E-state index in [4.69, 9.17) is 4.74 Å². The van der Waals surface area contributed by atoms with Crippen LogP contribution in [0.3, 0.4) is 0 Å². The Hall–Kier alpha value is -1.20. The lowest BCUT2D eigenvalue weighted by atomic mass is 10.1. The number of ether oxygens (including phenoxy) is 1. The first-order chi connectivity index (χ1) is 6.98. The van der Waals surface area contributed by atoms with Crippen LogP contribution < -0.4 is 4.74 Å². The lowest BCUT2D eigenvalue weighted by molar-refractivity contribution is -0.142. The molecule has 0 bridgehead atoms. The van der Waals surface area contributed by atoms with E-state index < -0.39 is 11.9 Å². The van der Waals surface area contributed by atoms with Gasteiger partial charge in [0.25, 0.3) is 0 Å². The quantitative estimate of drug-likeness (QED) is 0.665. The van der Waals surface area contributed by atoms with E-state index in [0.717, 1.165) is 6.42 Å². The first kappa shape index (κ1) is 9.06. The Morgan fingerprint density at radius 1 is 1.47 bits per heavy atom. The highest BCUT2D eigenvalue weighted by molar-refractivity contribution is 5.42. The molecule has 82 valence electrons. The van der Waals surface area contributed by atoms with Gasteiger partial charge < -0.3 is 4.74 Å². The Morgan fingerprint density at radius 3 is 2.87 bits per heavy atom. The van der Waals surface area contributed by atoms with Gasteiger partial charge in [-0.25, -0.2) is 0 Å². The number of aromatic nitrogens is 2. The van der Waals surface area contributed by atoms with Crippen LogP contribution in [-0.2, 0) is 13.2 Å². The van der Waals surface area contributed by atoms with Gasteiger partial charge in [0.05, 0.1) is 12.3 Å². The molecule has 0 spiro atoms. The minimum atomic E-state index is -4.42. The summed E-state index contributed by atoms with van der Waals surface area (Å²) in [5.74, 6) is 0.570. The van der Waals surface area contributed by atoms with E-state index in [0.29, 0.717) is 18.2 Å². The van der Waals surface area contributed by atoms with Crippen molar-refractivity contribution in [3.8, 4) is 5.75 Å². The zero-order valence-electron chi connectivity index (χ0n) is 8.01. The second kappa shape index (κ2) is 2.48. The fraction of sp³-hybridized carbons (Fsp3) is 0.667. The lowest BCUT2D eigenvalue weighted by Gasteiger charge is -2.14. The van der Waals surface area contributed by atoms with Crippen LogP contribution in [0.2, 0.25) is 0 Å². The Morgan fingerprint density at radius 2 is 2.20 bits per heavy atom. The van der Waals surface area contributed by atoms with Crippen molar-refractivity contribution < 1.29 is 17.9 Å². The minimum absolute atomic E-state index is 0.0521. The summed E-state index contributed by atoms with van der Waals surface area (Å²) in [7, 11) is 1.54. The molecule has 1 aromatic rings. The standard InChI is InChI=1S/C9H9F3N2O/c1-14-6-5-2-4(5)3-15-7(6)8(13-14)9(10,11)12/h4-5H,2-3H2,1H3. The van der Waals surface area contributed by atoms with E-state index in [1.54, 1.807) is 0 Å². The average Bonchev–Trinajstić information content (AvgIpc) is 2.83. The van der Waals surface area contributed by atoms with Gasteiger partial charge in [-0.15, -0.1) is 0 Å². The molecule has 3 nitrogen and oxygen atoms in total. The van der Waals surface area contributed by atoms with Crippen molar-refractivity contribution in [3.05, 3.63) is 11.4 Å². The second-order valence-corrected chi connectivity index (χ2v) is 4.10. The number of nitrogens with zero attached hydrogens (tertiary/aromatic N) is 2. The number of aryl methyl sites for hydroxylation is 1. The van der Waals surface area contributed by atoms with Crippen molar-refractivity contribution >= 4 is 0 Å². The molecule has 2 unspecified atom stereocenters. The van der Waals surface area contributed by atoms with Crippen LogP contribution in [0.15, 0.2) is 0 Å². The highest BCUT2D eigenvalue weighted by Gasteiger charge is 2.50. The molecule has 0 aromatic carbocycles. The molecule has 15 heavy (non-hydrogen) atoms. The smallest absolute Gasteiger partial charge is 0.438 e. The number of hydrogen-bond donors (Lipinski definition) is 0.